The van der Waals surface area contributed by atoms with Crippen molar-refractivity contribution in [3.8, 4) is 0 Å². The summed E-state index contributed by atoms with van der Waals surface area (Å²) in [5, 5.41) is 20.1. The van der Waals surface area contributed by atoms with Crippen LogP contribution < -0.4 is 0 Å². The van der Waals surface area contributed by atoms with Crippen molar-refractivity contribution in [3.63, 3.8) is 0 Å². The van der Waals surface area contributed by atoms with Crippen LogP contribution in [-0.2, 0) is 11.2 Å². The third kappa shape index (κ3) is 2.35. The first-order chi connectivity index (χ1) is 8.49. The molecule has 0 spiro atoms. The Kier molecular flexibility index (Phi) is 3.33. The summed E-state index contributed by atoms with van der Waals surface area (Å²) in [6.45, 7) is 0. The van der Waals surface area contributed by atoms with Crippen LogP contribution in [0.4, 0.5) is 5.69 Å². The molecule has 0 fully saturated rings. The molecule has 0 amide bonds. The van der Waals surface area contributed by atoms with Crippen LogP contribution in [0.15, 0.2) is 22.8 Å². The third-order valence-electron chi connectivity index (χ3n) is 2.61. The average Bonchev–Trinajstić information content (AvgIpc) is 2.67. The minimum absolute atomic E-state index is 0.0268. The number of benzene rings is 1. The van der Waals surface area contributed by atoms with E-state index in [1.807, 2.05) is 0 Å². The molecule has 6 nitrogen and oxygen atoms in total. The van der Waals surface area contributed by atoms with Crippen molar-refractivity contribution in [2.75, 3.05) is 0 Å². The number of aliphatic carboxylic acids is 1. The van der Waals surface area contributed by atoms with Gasteiger partial charge in [0, 0.05) is 23.2 Å². The number of aromatic amines is 1. The van der Waals surface area contributed by atoms with Gasteiger partial charge in [0.1, 0.15) is 0 Å². The second-order valence-corrected chi connectivity index (χ2v) is 4.73. The summed E-state index contributed by atoms with van der Waals surface area (Å²) in [4.78, 5) is 24.0. The Balaban J connectivity index is 2.55. The molecule has 2 rings (SSSR count). The summed E-state index contributed by atoms with van der Waals surface area (Å²) in [6, 6.07) is 3.15. The van der Waals surface area contributed by atoms with Crippen LogP contribution in [0.2, 0.25) is 0 Å². The number of nitro groups is 1. The highest BCUT2D eigenvalue weighted by Gasteiger charge is 2.18. The summed E-state index contributed by atoms with van der Waals surface area (Å²) in [6.07, 6.45) is 1.82. The molecule has 1 heterocycles. The number of carboxylic acids is 1. The lowest BCUT2D eigenvalue weighted by atomic mass is 10.1. The van der Waals surface area contributed by atoms with E-state index in [1.165, 1.54) is 6.07 Å². The number of non-ortho nitro benzene ring substituents is 1. The van der Waals surface area contributed by atoms with E-state index < -0.39 is 10.9 Å². The molecule has 0 bridgehead atoms. The van der Waals surface area contributed by atoms with Crippen LogP contribution in [0.3, 0.4) is 0 Å². The number of fused-ring (bicyclic) bond motifs is 1. The second-order valence-electron chi connectivity index (χ2n) is 3.81. The zero-order valence-electron chi connectivity index (χ0n) is 9.14. The highest BCUT2D eigenvalue weighted by atomic mass is 79.9. The fourth-order valence-corrected chi connectivity index (χ4v) is 2.31. The normalized spacial score (nSPS) is 10.7. The fourth-order valence-electron chi connectivity index (χ4n) is 1.86. The molecule has 0 aliphatic rings. The van der Waals surface area contributed by atoms with E-state index in [2.05, 4.69) is 20.9 Å². The molecule has 7 heteroatoms. The molecule has 0 unspecified atom stereocenters. The molecule has 18 heavy (non-hydrogen) atoms. The summed E-state index contributed by atoms with van der Waals surface area (Å²) >= 11 is 3.20. The second kappa shape index (κ2) is 4.77. The third-order valence-corrected chi connectivity index (χ3v) is 3.07. The van der Waals surface area contributed by atoms with Crippen molar-refractivity contribution in [3.05, 3.63) is 38.5 Å². The van der Waals surface area contributed by atoms with E-state index in [0.29, 0.717) is 20.9 Å². The Labute approximate surface area is 110 Å². The van der Waals surface area contributed by atoms with Gasteiger partial charge in [-0.05, 0) is 18.1 Å². The van der Waals surface area contributed by atoms with Crippen LogP contribution in [-0.4, -0.2) is 21.0 Å². The van der Waals surface area contributed by atoms with Gasteiger partial charge in [0.25, 0.3) is 5.69 Å². The Morgan fingerprint density at radius 1 is 1.50 bits per heavy atom. The van der Waals surface area contributed by atoms with E-state index in [-0.39, 0.29) is 18.5 Å². The predicted molar refractivity (Wildman–Crippen MR) is 68.6 cm³/mol. The van der Waals surface area contributed by atoms with Crippen molar-refractivity contribution in [1.82, 2.24) is 4.98 Å². The largest absolute Gasteiger partial charge is 0.481 e. The molecule has 1 aromatic carbocycles. The molecular formula is C11H9BrN2O4. The molecule has 2 aromatic rings. The molecular weight excluding hydrogens is 304 g/mol. The van der Waals surface area contributed by atoms with Crippen LogP contribution in [0.1, 0.15) is 12.0 Å². The van der Waals surface area contributed by atoms with E-state index in [1.54, 1.807) is 12.3 Å². The van der Waals surface area contributed by atoms with Gasteiger partial charge in [-0.1, -0.05) is 15.9 Å². The molecule has 0 atom stereocenters. The summed E-state index contributed by atoms with van der Waals surface area (Å²) < 4.78 is 0.605. The zero-order valence-corrected chi connectivity index (χ0v) is 10.7. The van der Waals surface area contributed by atoms with Gasteiger partial charge in [0.15, 0.2) is 0 Å². The number of nitrogens with zero attached hydrogens (tertiary/aromatic N) is 1. The standard InChI is InChI=1S/C11H9BrN2O4/c12-7-3-8-11(9(4-7)14(17)18)6(5-13-8)1-2-10(15)16/h3-5,13H,1-2H2,(H,15,16). The number of carbonyl (C=O) groups is 1. The van der Waals surface area contributed by atoms with Crippen LogP contribution in [0, 0.1) is 10.1 Å². The van der Waals surface area contributed by atoms with E-state index in [0.717, 1.165) is 0 Å². The molecule has 0 radical (unpaired) electrons. The van der Waals surface area contributed by atoms with Gasteiger partial charge >= 0.3 is 5.97 Å². The highest BCUT2D eigenvalue weighted by molar-refractivity contribution is 9.10. The molecule has 94 valence electrons. The minimum Gasteiger partial charge on any atom is -0.481 e. The molecule has 0 saturated carbocycles. The number of aryl methyl sites for hydroxylation is 1. The van der Waals surface area contributed by atoms with Crippen molar-refractivity contribution in [2.45, 2.75) is 12.8 Å². The Hall–Kier alpha value is -1.89. The number of hydrogen-bond donors (Lipinski definition) is 2. The van der Waals surface area contributed by atoms with Crippen molar-refractivity contribution < 1.29 is 14.8 Å². The van der Waals surface area contributed by atoms with Gasteiger partial charge in [-0.25, -0.2) is 0 Å². The summed E-state index contributed by atoms with van der Waals surface area (Å²) in [5.74, 6) is -0.927. The highest BCUT2D eigenvalue weighted by Crippen LogP contribution is 2.32. The number of aromatic nitrogens is 1. The van der Waals surface area contributed by atoms with E-state index in [9.17, 15) is 14.9 Å². The molecule has 1 aromatic heterocycles. The van der Waals surface area contributed by atoms with E-state index >= 15 is 0 Å². The number of nitrogens with one attached hydrogen (secondary N) is 1. The molecule has 0 aliphatic heterocycles. The van der Waals surface area contributed by atoms with Crippen LogP contribution >= 0.6 is 15.9 Å². The van der Waals surface area contributed by atoms with Gasteiger partial charge in [-0.2, -0.15) is 0 Å². The van der Waals surface area contributed by atoms with Gasteiger partial charge in [-0.15, -0.1) is 0 Å². The van der Waals surface area contributed by atoms with Crippen molar-refractivity contribution in [2.24, 2.45) is 0 Å². The van der Waals surface area contributed by atoms with Gasteiger partial charge in [-0.3, -0.25) is 14.9 Å². The number of nitro benzene ring substituents is 1. The lowest BCUT2D eigenvalue weighted by Crippen LogP contribution is -1.97. The number of carboxylic acid groups (broad SMARTS) is 1. The van der Waals surface area contributed by atoms with E-state index in [4.69, 9.17) is 5.11 Å². The first-order valence-corrected chi connectivity index (χ1v) is 5.94. The summed E-state index contributed by atoms with van der Waals surface area (Å²) in [7, 11) is 0. The molecule has 0 aliphatic carbocycles. The lowest BCUT2D eigenvalue weighted by molar-refractivity contribution is -0.383. The maximum Gasteiger partial charge on any atom is 0.303 e. The maximum absolute atomic E-state index is 11.0. The number of hydrogen-bond acceptors (Lipinski definition) is 3. The first-order valence-electron chi connectivity index (χ1n) is 5.14. The number of rotatable bonds is 4. The summed E-state index contributed by atoms with van der Waals surface area (Å²) in [5.41, 5.74) is 1.24. The molecule has 0 saturated heterocycles. The number of H-pyrrole nitrogens is 1. The average molecular weight is 313 g/mol. The minimum atomic E-state index is -0.927. The molecule has 2 N–H and O–H groups in total. The predicted octanol–water partition coefficient (Wildman–Crippen LogP) is 2.86. The van der Waals surface area contributed by atoms with Crippen molar-refractivity contribution in [1.29, 1.82) is 0 Å². The quantitative estimate of drug-likeness (QED) is 0.670. The SMILES string of the molecule is O=C(O)CCc1c[nH]c2cc(Br)cc([N+](=O)[O-])c12. The smallest absolute Gasteiger partial charge is 0.303 e. The fraction of sp³-hybridized carbons (Fsp3) is 0.182. The van der Waals surface area contributed by atoms with Gasteiger partial charge in [0.05, 0.1) is 15.8 Å². The van der Waals surface area contributed by atoms with Crippen LogP contribution in [0.25, 0.3) is 10.9 Å². The van der Waals surface area contributed by atoms with Crippen LogP contribution in [0.5, 0.6) is 0 Å². The monoisotopic (exact) mass is 312 g/mol. The zero-order chi connectivity index (χ0) is 13.3. The lowest BCUT2D eigenvalue weighted by Gasteiger charge is -1.99. The Morgan fingerprint density at radius 3 is 2.83 bits per heavy atom. The Morgan fingerprint density at radius 2 is 2.22 bits per heavy atom. The topological polar surface area (TPSA) is 96.2 Å². The van der Waals surface area contributed by atoms with Gasteiger partial charge < -0.3 is 10.1 Å². The Bertz CT molecular complexity index is 635. The van der Waals surface area contributed by atoms with Crippen molar-refractivity contribution >= 4 is 38.5 Å². The number of halogens is 1. The maximum atomic E-state index is 11.0. The van der Waals surface area contributed by atoms with Gasteiger partial charge in [0.2, 0.25) is 0 Å². The first kappa shape index (κ1) is 12.6.